The maximum absolute atomic E-state index is 9.46. The highest BCUT2D eigenvalue weighted by atomic mass is 16.7. The number of hydrogen-bond acceptors (Lipinski definition) is 7. The second-order valence-electron chi connectivity index (χ2n) is 9.16. The van der Waals surface area contributed by atoms with E-state index in [0.717, 1.165) is 0 Å². The van der Waals surface area contributed by atoms with Crippen molar-refractivity contribution in [3.63, 3.8) is 0 Å². The standard InChI is InChI=1S/C23H37NO6/c1-22(2,3)20(27-11-9-25-7)29-18-13-17(16-24)14-19(15-18)30-21(23(4,5)6)28-12-10-26-8/h13-15,20-21H,9-12H2,1-8H3. The zero-order chi connectivity index (χ0) is 22.8. The summed E-state index contributed by atoms with van der Waals surface area (Å²) < 4.78 is 34.0. The Labute approximate surface area is 181 Å². The molecular formula is C23H37NO6. The lowest BCUT2D eigenvalue weighted by Crippen LogP contribution is -2.36. The lowest BCUT2D eigenvalue weighted by Gasteiger charge is -2.32. The zero-order valence-electron chi connectivity index (χ0n) is 19.6. The fourth-order valence-electron chi connectivity index (χ4n) is 2.42. The molecule has 0 aliphatic rings. The molecule has 0 heterocycles. The van der Waals surface area contributed by atoms with E-state index in [9.17, 15) is 5.26 Å². The van der Waals surface area contributed by atoms with Crippen molar-refractivity contribution in [1.29, 1.82) is 5.26 Å². The van der Waals surface area contributed by atoms with Crippen LogP contribution < -0.4 is 9.47 Å². The number of benzene rings is 1. The van der Waals surface area contributed by atoms with Gasteiger partial charge in [0.1, 0.15) is 11.5 Å². The predicted molar refractivity (Wildman–Crippen MR) is 115 cm³/mol. The molecule has 0 saturated heterocycles. The van der Waals surface area contributed by atoms with Crippen molar-refractivity contribution in [3.8, 4) is 17.6 Å². The quantitative estimate of drug-likeness (QED) is 0.364. The lowest BCUT2D eigenvalue weighted by molar-refractivity contribution is -0.151. The Morgan fingerprint density at radius 1 is 0.733 bits per heavy atom. The third kappa shape index (κ3) is 9.31. The van der Waals surface area contributed by atoms with E-state index < -0.39 is 12.6 Å². The SMILES string of the molecule is COCCOC(Oc1cc(C#N)cc(OC(OCCOC)C(C)(C)C)c1)C(C)(C)C. The molecule has 0 fully saturated rings. The molecule has 7 heteroatoms. The molecule has 2 unspecified atom stereocenters. The molecule has 1 rings (SSSR count). The van der Waals surface area contributed by atoms with E-state index in [1.807, 2.05) is 41.5 Å². The van der Waals surface area contributed by atoms with Gasteiger partial charge in [-0.25, -0.2) is 0 Å². The molecule has 7 nitrogen and oxygen atoms in total. The Morgan fingerprint density at radius 2 is 1.13 bits per heavy atom. The third-order valence-electron chi connectivity index (χ3n) is 4.02. The van der Waals surface area contributed by atoms with Gasteiger partial charge in [-0.1, -0.05) is 41.5 Å². The normalized spacial score (nSPS) is 14.1. The number of rotatable bonds is 12. The molecule has 0 spiro atoms. The van der Waals surface area contributed by atoms with Gasteiger partial charge in [-0.3, -0.25) is 0 Å². The Kier molecular flexibility index (Phi) is 10.6. The van der Waals surface area contributed by atoms with Gasteiger partial charge in [-0.05, 0) is 12.1 Å². The van der Waals surface area contributed by atoms with Gasteiger partial charge in [0.05, 0.1) is 38.1 Å². The van der Waals surface area contributed by atoms with E-state index in [-0.39, 0.29) is 10.8 Å². The summed E-state index contributed by atoms with van der Waals surface area (Å²) in [7, 11) is 3.24. The van der Waals surface area contributed by atoms with E-state index in [2.05, 4.69) is 6.07 Å². The van der Waals surface area contributed by atoms with Crippen molar-refractivity contribution < 1.29 is 28.4 Å². The van der Waals surface area contributed by atoms with Crippen molar-refractivity contribution in [2.24, 2.45) is 10.8 Å². The van der Waals surface area contributed by atoms with Crippen LogP contribution in [-0.4, -0.2) is 53.2 Å². The molecule has 0 N–H and O–H groups in total. The van der Waals surface area contributed by atoms with Crippen LogP contribution in [0.5, 0.6) is 11.5 Å². The average molecular weight is 424 g/mol. The number of nitrogens with zero attached hydrogens (tertiary/aromatic N) is 1. The zero-order valence-corrected chi connectivity index (χ0v) is 19.6. The monoisotopic (exact) mass is 423 g/mol. The molecule has 1 aromatic carbocycles. The van der Waals surface area contributed by atoms with Crippen molar-refractivity contribution in [2.45, 2.75) is 54.1 Å². The largest absolute Gasteiger partial charge is 0.464 e. The molecule has 0 aromatic heterocycles. The molecule has 0 aliphatic carbocycles. The van der Waals surface area contributed by atoms with E-state index in [1.54, 1.807) is 32.4 Å². The summed E-state index contributed by atoms with van der Waals surface area (Å²) in [5.74, 6) is 0.983. The van der Waals surface area contributed by atoms with Gasteiger partial charge < -0.3 is 28.4 Å². The smallest absolute Gasteiger partial charge is 0.204 e. The van der Waals surface area contributed by atoms with E-state index in [1.165, 1.54) is 0 Å². The van der Waals surface area contributed by atoms with Gasteiger partial charge in [0.25, 0.3) is 0 Å². The average Bonchev–Trinajstić information content (AvgIpc) is 2.65. The second-order valence-corrected chi connectivity index (χ2v) is 9.16. The van der Waals surface area contributed by atoms with Crippen LogP contribution in [0, 0.1) is 22.2 Å². The first-order chi connectivity index (χ1) is 14.0. The number of ether oxygens (including phenoxy) is 6. The van der Waals surface area contributed by atoms with Gasteiger partial charge >= 0.3 is 0 Å². The number of methoxy groups -OCH3 is 2. The van der Waals surface area contributed by atoms with Crippen molar-refractivity contribution in [1.82, 2.24) is 0 Å². The Bertz CT molecular complexity index is 623. The summed E-state index contributed by atoms with van der Waals surface area (Å²) in [6.07, 6.45) is -1.04. The fourth-order valence-corrected chi connectivity index (χ4v) is 2.42. The minimum atomic E-state index is -0.522. The summed E-state index contributed by atoms with van der Waals surface area (Å²) >= 11 is 0. The summed E-state index contributed by atoms with van der Waals surface area (Å²) in [4.78, 5) is 0. The highest BCUT2D eigenvalue weighted by molar-refractivity contribution is 5.44. The maximum atomic E-state index is 9.46. The summed E-state index contributed by atoms with van der Waals surface area (Å²) in [6, 6.07) is 7.24. The third-order valence-corrected chi connectivity index (χ3v) is 4.02. The van der Waals surface area contributed by atoms with Crippen LogP contribution in [0.3, 0.4) is 0 Å². The summed E-state index contributed by atoms with van der Waals surface area (Å²) in [5, 5.41) is 9.46. The molecule has 30 heavy (non-hydrogen) atoms. The molecule has 170 valence electrons. The molecular weight excluding hydrogens is 386 g/mol. The highest BCUT2D eigenvalue weighted by Gasteiger charge is 2.29. The summed E-state index contributed by atoms with van der Waals surface area (Å²) in [5.41, 5.74) is -0.139. The second kappa shape index (κ2) is 12.1. The first-order valence-electron chi connectivity index (χ1n) is 10.1. The van der Waals surface area contributed by atoms with Crippen molar-refractivity contribution >= 4 is 0 Å². The summed E-state index contributed by atoms with van der Waals surface area (Å²) in [6.45, 7) is 13.9. The first-order valence-corrected chi connectivity index (χ1v) is 10.1. The minimum Gasteiger partial charge on any atom is -0.464 e. The van der Waals surface area contributed by atoms with Gasteiger partial charge in [0.2, 0.25) is 12.6 Å². The topological polar surface area (TPSA) is 79.2 Å². The van der Waals surface area contributed by atoms with Crippen LogP contribution in [0.1, 0.15) is 47.1 Å². The van der Waals surface area contributed by atoms with E-state index in [0.29, 0.717) is 43.5 Å². The molecule has 2 atom stereocenters. The van der Waals surface area contributed by atoms with Crippen LogP contribution in [0.4, 0.5) is 0 Å². The maximum Gasteiger partial charge on any atom is 0.204 e. The van der Waals surface area contributed by atoms with Gasteiger partial charge in [0.15, 0.2) is 0 Å². The Balaban J connectivity index is 3.07. The van der Waals surface area contributed by atoms with Crippen molar-refractivity contribution in [3.05, 3.63) is 23.8 Å². The van der Waals surface area contributed by atoms with Gasteiger partial charge in [-0.2, -0.15) is 5.26 Å². The van der Waals surface area contributed by atoms with Gasteiger partial charge in [-0.15, -0.1) is 0 Å². The fraction of sp³-hybridized carbons (Fsp3) is 0.696. The Hall–Kier alpha value is -1.85. The molecule has 1 aromatic rings. The molecule has 0 amide bonds. The predicted octanol–water partition coefficient (Wildman–Crippen LogP) is 4.39. The molecule has 0 bridgehead atoms. The Morgan fingerprint density at radius 3 is 1.43 bits per heavy atom. The lowest BCUT2D eigenvalue weighted by atomic mass is 9.96. The van der Waals surface area contributed by atoms with Crippen LogP contribution >= 0.6 is 0 Å². The van der Waals surface area contributed by atoms with Crippen LogP contribution in [0.25, 0.3) is 0 Å². The van der Waals surface area contributed by atoms with Crippen LogP contribution in [0.2, 0.25) is 0 Å². The number of nitriles is 1. The van der Waals surface area contributed by atoms with E-state index >= 15 is 0 Å². The molecule has 0 radical (unpaired) electrons. The van der Waals surface area contributed by atoms with Crippen LogP contribution in [-0.2, 0) is 18.9 Å². The minimum absolute atomic E-state index is 0.283. The highest BCUT2D eigenvalue weighted by Crippen LogP contribution is 2.32. The van der Waals surface area contributed by atoms with E-state index in [4.69, 9.17) is 28.4 Å². The first kappa shape index (κ1) is 26.2. The van der Waals surface area contributed by atoms with Crippen LogP contribution in [0.15, 0.2) is 18.2 Å². The molecule has 0 saturated carbocycles. The number of hydrogen-bond donors (Lipinski definition) is 0. The van der Waals surface area contributed by atoms with Gasteiger partial charge in [0, 0.05) is 31.1 Å². The molecule has 0 aliphatic heterocycles. The van der Waals surface area contributed by atoms with Crippen molar-refractivity contribution in [2.75, 3.05) is 40.6 Å².